The van der Waals surface area contributed by atoms with Crippen molar-refractivity contribution in [1.82, 2.24) is 10.6 Å². The Bertz CT molecular complexity index is 486. The summed E-state index contributed by atoms with van der Waals surface area (Å²) >= 11 is 0. The predicted molar refractivity (Wildman–Crippen MR) is 78.1 cm³/mol. The third-order valence-electron chi connectivity index (χ3n) is 3.33. The minimum Gasteiger partial charge on any atom is -0.435 e. The SMILES string of the molecule is CNCC(=O)NC1CCCc2cc(OC(F)F)ccc21.Cl. The van der Waals surface area contributed by atoms with E-state index in [1.165, 1.54) is 6.07 Å². The maximum Gasteiger partial charge on any atom is 0.387 e. The topological polar surface area (TPSA) is 50.4 Å². The van der Waals surface area contributed by atoms with E-state index in [0.29, 0.717) is 0 Å². The van der Waals surface area contributed by atoms with Crippen molar-refractivity contribution in [3.63, 3.8) is 0 Å². The van der Waals surface area contributed by atoms with Gasteiger partial charge in [0.2, 0.25) is 5.91 Å². The Balaban J connectivity index is 0.00000220. The van der Waals surface area contributed by atoms with E-state index < -0.39 is 6.61 Å². The van der Waals surface area contributed by atoms with Gasteiger partial charge in [-0.3, -0.25) is 4.79 Å². The first-order chi connectivity index (χ1) is 9.60. The van der Waals surface area contributed by atoms with E-state index in [-0.39, 0.29) is 36.7 Å². The molecule has 0 fully saturated rings. The van der Waals surface area contributed by atoms with Crippen LogP contribution in [-0.2, 0) is 11.2 Å². The summed E-state index contributed by atoms with van der Waals surface area (Å²) in [6.07, 6.45) is 2.58. The van der Waals surface area contributed by atoms with Gasteiger partial charge in [0.1, 0.15) is 5.75 Å². The van der Waals surface area contributed by atoms with Gasteiger partial charge in [-0.2, -0.15) is 8.78 Å². The Morgan fingerprint density at radius 2 is 2.24 bits per heavy atom. The molecule has 0 radical (unpaired) electrons. The van der Waals surface area contributed by atoms with Gasteiger partial charge in [0.15, 0.2) is 0 Å². The zero-order valence-corrected chi connectivity index (χ0v) is 12.5. The van der Waals surface area contributed by atoms with Crippen molar-refractivity contribution < 1.29 is 18.3 Å². The molecule has 1 aromatic rings. The van der Waals surface area contributed by atoms with Crippen LogP contribution in [0.5, 0.6) is 5.75 Å². The van der Waals surface area contributed by atoms with E-state index in [1.807, 2.05) is 0 Å². The molecule has 0 spiro atoms. The summed E-state index contributed by atoms with van der Waals surface area (Å²) in [6.45, 7) is -2.55. The van der Waals surface area contributed by atoms with E-state index in [0.717, 1.165) is 30.4 Å². The molecule has 0 saturated heterocycles. The molecule has 21 heavy (non-hydrogen) atoms. The van der Waals surface area contributed by atoms with Crippen LogP contribution < -0.4 is 15.4 Å². The molecule has 1 aliphatic carbocycles. The number of likely N-dealkylation sites (N-methyl/N-ethyl adjacent to an activating group) is 1. The van der Waals surface area contributed by atoms with E-state index in [9.17, 15) is 13.6 Å². The van der Waals surface area contributed by atoms with Crippen LogP contribution in [0.15, 0.2) is 18.2 Å². The van der Waals surface area contributed by atoms with Gasteiger partial charge in [-0.25, -0.2) is 0 Å². The molecule has 1 amide bonds. The first-order valence-corrected chi connectivity index (χ1v) is 6.61. The largest absolute Gasteiger partial charge is 0.435 e. The number of amides is 1. The highest BCUT2D eigenvalue weighted by Gasteiger charge is 2.22. The standard InChI is InChI=1S/C14H18F2N2O2.ClH/c1-17-8-13(19)18-12-4-2-3-9-7-10(20-14(15)16)5-6-11(9)12;/h5-7,12,14,17H,2-4,8H2,1H3,(H,18,19);1H. The maximum atomic E-state index is 12.2. The molecule has 0 aromatic heterocycles. The minimum absolute atomic E-state index is 0. The van der Waals surface area contributed by atoms with Gasteiger partial charge in [0, 0.05) is 0 Å². The smallest absolute Gasteiger partial charge is 0.387 e. The normalized spacial score (nSPS) is 16.9. The molecule has 0 saturated carbocycles. The van der Waals surface area contributed by atoms with Gasteiger partial charge in [-0.15, -0.1) is 12.4 Å². The number of hydrogen-bond donors (Lipinski definition) is 2. The number of alkyl halides is 2. The van der Waals surface area contributed by atoms with Crippen molar-refractivity contribution in [3.8, 4) is 5.75 Å². The highest BCUT2D eigenvalue weighted by Crippen LogP contribution is 2.32. The maximum absolute atomic E-state index is 12.2. The van der Waals surface area contributed by atoms with E-state index in [4.69, 9.17) is 0 Å². The first kappa shape index (κ1) is 17.7. The van der Waals surface area contributed by atoms with Crippen molar-refractivity contribution >= 4 is 18.3 Å². The molecule has 0 heterocycles. The lowest BCUT2D eigenvalue weighted by atomic mass is 9.87. The van der Waals surface area contributed by atoms with Gasteiger partial charge in [-0.1, -0.05) is 6.07 Å². The van der Waals surface area contributed by atoms with Gasteiger partial charge < -0.3 is 15.4 Å². The second-order valence-electron chi connectivity index (χ2n) is 4.78. The molecular formula is C14H19ClF2N2O2. The predicted octanol–water partition coefficient (Wildman–Crippen LogP) is 2.42. The molecule has 1 unspecified atom stereocenters. The summed E-state index contributed by atoms with van der Waals surface area (Å²) in [4.78, 5) is 11.6. The number of aryl methyl sites for hydroxylation is 1. The quantitative estimate of drug-likeness (QED) is 0.876. The number of benzene rings is 1. The molecule has 118 valence electrons. The molecule has 7 heteroatoms. The van der Waals surface area contributed by atoms with Crippen LogP contribution in [-0.4, -0.2) is 26.1 Å². The Hall–Kier alpha value is -1.40. The highest BCUT2D eigenvalue weighted by molar-refractivity contribution is 5.85. The molecule has 0 aliphatic heterocycles. The molecule has 1 atom stereocenters. The Labute approximate surface area is 128 Å². The summed E-state index contributed by atoms with van der Waals surface area (Å²) in [5.74, 6) is 0.0965. The van der Waals surface area contributed by atoms with Crippen LogP contribution in [0.25, 0.3) is 0 Å². The third-order valence-corrected chi connectivity index (χ3v) is 3.33. The van der Waals surface area contributed by atoms with Gasteiger partial charge >= 0.3 is 6.61 Å². The monoisotopic (exact) mass is 320 g/mol. The van der Waals surface area contributed by atoms with Crippen molar-refractivity contribution in [1.29, 1.82) is 0 Å². The number of hydrogen-bond acceptors (Lipinski definition) is 3. The molecule has 1 aromatic carbocycles. The number of nitrogens with one attached hydrogen (secondary N) is 2. The first-order valence-electron chi connectivity index (χ1n) is 6.61. The molecule has 1 aliphatic rings. The Morgan fingerprint density at radius 3 is 2.90 bits per heavy atom. The average Bonchev–Trinajstić information content (AvgIpc) is 2.38. The van der Waals surface area contributed by atoms with E-state index in [1.54, 1.807) is 19.2 Å². The van der Waals surface area contributed by atoms with E-state index in [2.05, 4.69) is 15.4 Å². The van der Waals surface area contributed by atoms with Crippen LogP contribution in [0.1, 0.15) is 30.0 Å². The number of halogens is 3. The second-order valence-corrected chi connectivity index (χ2v) is 4.78. The van der Waals surface area contributed by atoms with Crippen molar-refractivity contribution in [2.24, 2.45) is 0 Å². The van der Waals surface area contributed by atoms with Crippen LogP contribution in [0.3, 0.4) is 0 Å². The summed E-state index contributed by atoms with van der Waals surface area (Å²) in [5.41, 5.74) is 1.95. The molecule has 0 bridgehead atoms. The van der Waals surface area contributed by atoms with Crippen LogP contribution in [0.2, 0.25) is 0 Å². The summed E-state index contributed by atoms with van der Waals surface area (Å²) in [7, 11) is 1.71. The molecule has 2 N–H and O–H groups in total. The fourth-order valence-corrected chi connectivity index (χ4v) is 2.52. The molecule has 2 rings (SSSR count). The van der Waals surface area contributed by atoms with Crippen molar-refractivity contribution in [3.05, 3.63) is 29.3 Å². The van der Waals surface area contributed by atoms with E-state index >= 15 is 0 Å². The second kappa shape index (κ2) is 8.14. The lowest BCUT2D eigenvalue weighted by Crippen LogP contribution is -2.36. The van der Waals surface area contributed by atoms with Crippen molar-refractivity contribution in [2.45, 2.75) is 31.9 Å². The average molecular weight is 321 g/mol. The van der Waals surface area contributed by atoms with Crippen LogP contribution in [0.4, 0.5) is 8.78 Å². The van der Waals surface area contributed by atoms with Gasteiger partial charge in [-0.05, 0) is 49.6 Å². The number of rotatable bonds is 5. The zero-order valence-electron chi connectivity index (χ0n) is 11.7. The number of fused-ring (bicyclic) bond motifs is 1. The van der Waals surface area contributed by atoms with Crippen LogP contribution in [0, 0.1) is 0 Å². The van der Waals surface area contributed by atoms with Crippen molar-refractivity contribution in [2.75, 3.05) is 13.6 Å². The van der Waals surface area contributed by atoms with Crippen LogP contribution >= 0.6 is 12.4 Å². The lowest BCUT2D eigenvalue weighted by Gasteiger charge is -2.27. The number of carbonyl (C=O) groups is 1. The van der Waals surface area contributed by atoms with Gasteiger partial charge in [0.25, 0.3) is 0 Å². The summed E-state index contributed by atoms with van der Waals surface area (Å²) in [5, 5.41) is 5.74. The lowest BCUT2D eigenvalue weighted by molar-refractivity contribution is -0.121. The van der Waals surface area contributed by atoms with Gasteiger partial charge in [0.05, 0.1) is 12.6 Å². The zero-order chi connectivity index (χ0) is 14.5. The Morgan fingerprint density at radius 1 is 1.48 bits per heavy atom. The fraction of sp³-hybridized carbons (Fsp3) is 0.500. The summed E-state index contributed by atoms with van der Waals surface area (Å²) < 4.78 is 28.8. The number of carbonyl (C=O) groups excluding carboxylic acids is 1. The third kappa shape index (κ3) is 4.82. The minimum atomic E-state index is -2.82. The molecule has 4 nitrogen and oxygen atoms in total. The fourth-order valence-electron chi connectivity index (χ4n) is 2.52. The highest BCUT2D eigenvalue weighted by atomic mass is 35.5. The Kier molecular flexibility index (Phi) is 6.84. The molecular weight excluding hydrogens is 302 g/mol. The number of ether oxygens (including phenoxy) is 1. The summed E-state index contributed by atoms with van der Waals surface area (Å²) in [6, 6.07) is 4.86.